The van der Waals surface area contributed by atoms with Gasteiger partial charge in [0, 0.05) is 45.0 Å². The summed E-state index contributed by atoms with van der Waals surface area (Å²) in [5.74, 6) is 0. The Morgan fingerprint density at radius 3 is 2.32 bits per heavy atom. The molecule has 0 bridgehead atoms. The van der Waals surface area contributed by atoms with Gasteiger partial charge in [-0.25, -0.2) is 0 Å². The molecule has 1 fully saturated rings. The third-order valence-electron chi connectivity index (χ3n) is 4.97. The van der Waals surface area contributed by atoms with E-state index in [1.165, 1.54) is 62.4 Å². The summed E-state index contributed by atoms with van der Waals surface area (Å²) in [7, 11) is 2.22. The number of benzene rings is 1. The zero-order valence-electron chi connectivity index (χ0n) is 14.9. The van der Waals surface area contributed by atoms with Gasteiger partial charge in [-0.2, -0.15) is 0 Å². The fourth-order valence-corrected chi connectivity index (χ4v) is 3.31. The number of anilines is 1. The molecule has 1 heterocycles. The first-order valence-electron chi connectivity index (χ1n) is 8.89. The molecule has 0 radical (unpaired) electrons. The van der Waals surface area contributed by atoms with E-state index in [1.807, 2.05) is 0 Å². The van der Waals surface area contributed by atoms with Gasteiger partial charge in [0.25, 0.3) is 0 Å². The topological polar surface area (TPSA) is 9.72 Å². The van der Waals surface area contributed by atoms with Crippen LogP contribution in [0.1, 0.15) is 31.4 Å². The highest BCUT2D eigenvalue weighted by molar-refractivity contribution is 5.50. The largest absolute Gasteiger partial charge is 0.372 e. The van der Waals surface area contributed by atoms with Gasteiger partial charge >= 0.3 is 0 Å². The highest BCUT2D eigenvalue weighted by Gasteiger charge is 2.13. The van der Waals surface area contributed by atoms with Crippen LogP contribution in [0, 0.1) is 6.92 Å². The highest BCUT2D eigenvalue weighted by atomic mass is 15.2. The molecular weight excluding hydrogens is 270 g/mol. The van der Waals surface area contributed by atoms with Gasteiger partial charge in [0.1, 0.15) is 0 Å². The molecule has 0 atom stereocenters. The zero-order chi connectivity index (χ0) is 15.9. The van der Waals surface area contributed by atoms with Crippen LogP contribution in [-0.4, -0.2) is 62.7 Å². The predicted octanol–water partition coefficient (Wildman–Crippen LogP) is 3.02. The van der Waals surface area contributed by atoms with E-state index in [-0.39, 0.29) is 0 Å². The van der Waals surface area contributed by atoms with E-state index in [4.69, 9.17) is 0 Å². The normalized spacial score (nSPS) is 16.9. The maximum absolute atomic E-state index is 2.61. The van der Waals surface area contributed by atoms with E-state index in [2.05, 4.69) is 60.7 Å². The minimum absolute atomic E-state index is 1.08. The molecule has 1 aromatic carbocycles. The SMILES string of the molecule is CCN(CC)c1ccc(CCCN2CCN(C)CC2)c(C)c1. The van der Waals surface area contributed by atoms with Crippen LogP contribution < -0.4 is 4.90 Å². The smallest absolute Gasteiger partial charge is 0.0368 e. The molecule has 1 aromatic rings. The summed E-state index contributed by atoms with van der Waals surface area (Å²) in [4.78, 5) is 7.45. The Bertz CT molecular complexity index is 446. The summed E-state index contributed by atoms with van der Waals surface area (Å²) in [6.07, 6.45) is 2.48. The first-order valence-corrected chi connectivity index (χ1v) is 8.89. The molecule has 1 aliphatic rings. The highest BCUT2D eigenvalue weighted by Crippen LogP contribution is 2.20. The monoisotopic (exact) mass is 303 g/mol. The van der Waals surface area contributed by atoms with E-state index in [9.17, 15) is 0 Å². The van der Waals surface area contributed by atoms with Crippen LogP contribution in [0.15, 0.2) is 18.2 Å². The number of hydrogen-bond acceptors (Lipinski definition) is 3. The van der Waals surface area contributed by atoms with Crippen molar-refractivity contribution in [2.24, 2.45) is 0 Å². The molecule has 0 aliphatic carbocycles. The van der Waals surface area contributed by atoms with Crippen LogP contribution in [0.2, 0.25) is 0 Å². The van der Waals surface area contributed by atoms with Crippen molar-refractivity contribution in [3.8, 4) is 0 Å². The lowest BCUT2D eigenvalue weighted by Gasteiger charge is -2.32. The van der Waals surface area contributed by atoms with E-state index in [0.717, 1.165) is 13.1 Å². The quantitative estimate of drug-likeness (QED) is 0.766. The third-order valence-corrected chi connectivity index (χ3v) is 4.97. The lowest BCUT2D eigenvalue weighted by Crippen LogP contribution is -2.44. The van der Waals surface area contributed by atoms with Crippen molar-refractivity contribution in [2.75, 3.05) is 57.8 Å². The first kappa shape index (κ1) is 17.3. The summed E-state index contributed by atoms with van der Waals surface area (Å²) in [6.45, 7) is 15.0. The van der Waals surface area contributed by atoms with Crippen molar-refractivity contribution in [3.05, 3.63) is 29.3 Å². The second-order valence-electron chi connectivity index (χ2n) is 6.53. The number of rotatable bonds is 7. The summed E-state index contributed by atoms with van der Waals surface area (Å²) in [5, 5.41) is 0. The van der Waals surface area contributed by atoms with Gasteiger partial charge in [-0.3, -0.25) is 0 Å². The lowest BCUT2D eigenvalue weighted by molar-refractivity contribution is 0.153. The third kappa shape index (κ3) is 4.72. The van der Waals surface area contributed by atoms with Crippen molar-refractivity contribution < 1.29 is 0 Å². The van der Waals surface area contributed by atoms with Crippen LogP contribution >= 0.6 is 0 Å². The molecular formula is C19H33N3. The molecule has 22 heavy (non-hydrogen) atoms. The van der Waals surface area contributed by atoms with Crippen molar-refractivity contribution in [3.63, 3.8) is 0 Å². The van der Waals surface area contributed by atoms with Gasteiger partial charge in [0.05, 0.1) is 0 Å². The Kier molecular flexibility index (Phi) is 6.71. The number of likely N-dealkylation sites (N-methyl/N-ethyl adjacent to an activating group) is 1. The Labute approximate surface area is 136 Å². The molecule has 3 heteroatoms. The van der Waals surface area contributed by atoms with Crippen molar-refractivity contribution in [1.82, 2.24) is 9.80 Å². The van der Waals surface area contributed by atoms with Gasteiger partial charge in [0.2, 0.25) is 0 Å². The number of nitrogens with zero attached hydrogens (tertiary/aromatic N) is 3. The molecule has 0 spiro atoms. The predicted molar refractivity (Wildman–Crippen MR) is 97.0 cm³/mol. The maximum Gasteiger partial charge on any atom is 0.0368 e. The van der Waals surface area contributed by atoms with Crippen molar-refractivity contribution in [1.29, 1.82) is 0 Å². The van der Waals surface area contributed by atoms with Crippen LogP contribution in [0.25, 0.3) is 0 Å². The molecule has 2 rings (SSSR count). The molecule has 3 nitrogen and oxygen atoms in total. The summed E-state index contributed by atoms with van der Waals surface area (Å²) < 4.78 is 0. The van der Waals surface area contributed by atoms with Gasteiger partial charge in [-0.05, 0) is 70.5 Å². The Balaban J connectivity index is 1.83. The van der Waals surface area contributed by atoms with Gasteiger partial charge in [0.15, 0.2) is 0 Å². The minimum atomic E-state index is 1.08. The molecule has 0 N–H and O–H groups in total. The summed E-state index contributed by atoms with van der Waals surface area (Å²) in [6, 6.07) is 7.00. The fourth-order valence-electron chi connectivity index (χ4n) is 3.31. The Morgan fingerprint density at radius 2 is 1.73 bits per heavy atom. The van der Waals surface area contributed by atoms with Crippen LogP contribution in [0.5, 0.6) is 0 Å². The molecule has 1 saturated heterocycles. The number of aryl methyl sites for hydroxylation is 2. The zero-order valence-corrected chi connectivity index (χ0v) is 14.9. The van der Waals surface area contributed by atoms with E-state index in [1.54, 1.807) is 0 Å². The van der Waals surface area contributed by atoms with Crippen molar-refractivity contribution >= 4 is 5.69 Å². The first-order chi connectivity index (χ1) is 10.6. The lowest BCUT2D eigenvalue weighted by atomic mass is 10.0. The standard InChI is InChI=1S/C19H33N3/c1-5-22(6-2)19-10-9-18(17(3)16-19)8-7-11-21-14-12-20(4)13-15-21/h9-10,16H,5-8,11-15H2,1-4H3. The van der Waals surface area contributed by atoms with Crippen LogP contribution in [0.4, 0.5) is 5.69 Å². The Hall–Kier alpha value is -1.06. The van der Waals surface area contributed by atoms with E-state index >= 15 is 0 Å². The number of hydrogen-bond donors (Lipinski definition) is 0. The maximum atomic E-state index is 2.61. The van der Waals surface area contributed by atoms with Gasteiger partial charge in [-0.1, -0.05) is 6.07 Å². The number of piperazine rings is 1. The fraction of sp³-hybridized carbons (Fsp3) is 0.684. The molecule has 0 aromatic heterocycles. The molecule has 124 valence electrons. The van der Waals surface area contributed by atoms with Crippen LogP contribution in [-0.2, 0) is 6.42 Å². The van der Waals surface area contributed by atoms with E-state index < -0.39 is 0 Å². The summed E-state index contributed by atoms with van der Waals surface area (Å²) >= 11 is 0. The molecule has 0 unspecified atom stereocenters. The second-order valence-corrected chi connectivity index (χ2v) is 6.53. The average molecular weight is 303 g/mol. The van der Waals surface area contributed by atoms with Crippen molar-refractivity contribution in [2.45, 2.75) is 33.6 Å². The second kappa shape index (κ2) is 8.54. The molecule has 1 aliphatic heterocycles. The Morgan fingerprint density at radius 1 is 1.05 bits per heavy atom. The average Bonchev–Trinajstić information content (AvgIpc) is 2.52. The molecule has 0 saturated carbocycles. The minimum Gasteiger partial charge on any atom is -0.372 e. The van der Waals surface area contributed by atoms with Crippen LogP contribution in [0.3, 0.4) is 0 Å². The van der Waals surface area contributed by atoms with Gasteiger partial charge < -0.3 is 14.7 Å². The molecule has 0 amide bonds. The van der Waals surface area contributed by atoms with E-state index in [0.29, 0.717) is 0 Å². The summed E-state index contributed by atoms with van der Waals surface area (Å²) in [5.41, 5.74) is 4.33. The van der Waals surface area contributed by atoms with Gasteiger partial charge in [-0.15, -0.1) is 0 Å².